The predicted molar refractivity (Wildman–Crippen MR) is 126 cm³/mol. The molecule has 5 heteroatoms. The molecule has 0 saturated carbocycles. The summed E-state index contributed by atoms with van der Waals surface area (Å²) in [5.74, 6) is -0.194. The third-order valence-corrected chi connectivity index (χ3v) is 6.01. The minimum absolute atomic E-state index is 0.0798. The maximum absolute atomic E-state index is 13.2. The van der Waals surface area contributed by atoms with Crippen LogP contribution in [0.5, 0.6) is 0 Å². The van der Waals surface area contributed by atoms with Gasteiger partial charge in [0.1, 0.15) is 6.04 Å². The van der Waals surface area contributed by atoms with Gasteiger partial charge in [-0.05, 0) is 62.3 Å². The predicted octanol–water partition coefficient (Wildman–Crippen LogP) is 5.31. The first kappa shape index (κ1) is 23.1. The fraction of sp³-hybridized carbons (Fsp3) is 0.385. The largest absolute Gasteiger partial charge is 0.354 e. The Morgan fingerprint density at radius 3 is 2.45 bits per heavy atom. The van der Waals surface area contributed by atoms with Gasteiger partial charge in [-0.2, -0.15) is 0 Å². The van der Waals surface area contributed by atoms with Crippen LogP contribution in [0.1, 0.15) is 50.2 Å². The van der Waals surface area contributed by atoms with Crippen LogP contribution in [0.15, 0.2) is 66.2 Å². The average molecular weight is 439 g/mol. The van der Waals surface area contributed by atoms with Crippen LogP contribution in [0, 0.1) is 0 Å². The van der Waals surface area contributed by atoms with E-state index in [1.807, 2.05) is 42.5 Å². The van der Waals surface area contributed by atoms with Crippen LogP contribution in [0.4, 0.5) is 0 Å². The number of carbonyl (C=O) groups excluding carboxylic acids is 2. The molecule has 1 N–H and O–H groups in total. The number of nitrogens with one attached hydrogen (secondary N) is 1. The highest BCUT2D eigenvalue weighted by atomic mass is 35.5. The van der Waals surface area contributed by atoms with Gasteiger partial charge in [0.2, 0.25) is 11.8 Å². The van der Waals surface area contributed by atoms with Crippen molar-refractivity contribution in [3.8, 4) is 0 Å². The van der Waals surface area contributed by atoms with E-state index in [4.69, 9.17) is 11.6 Å². The zero-order valence-electron chi connectivity index (χ0n) is 18.1. The fourth-order valence-corrected chi connectivity index (χ4v) is 3.99. The highest BCUT2D eigenvalue weighted by molar-refractivity contribution is 6.30. The number of allylic oxidation sites excluding steroid dienone is 1. The second kappa shape index (κ2) is 11.7. The van der Waals surface area contributed by atoms with Crippen LogP contribution in [0.25, 0.3) is 0 Å². The topological polar surface area (TPSA) is 49.4 Å². The lowest BCUT2D eigenvalue weighted by molar-refractivity contribution is -0.140. The van der Waals surface area contributed by atoms with Gasteiger partial charge in [-0.15, -0.1) is 0 Å². The maximum Gasteiger partial charge on any atom is 0.242 e. The van der Waals surface area contributed by atoms with Crippen molar-refractivity contribution in [2.45, 2.75) is 58.0 Å². The van der Waals surface area contributed by atoms with Crippen molar-refractivity contribution in [3.05, 3.63) is 82.4 Å². The number of halogens is 1. The van der Waals surface area contributed by atoms with E-state index in [1.54, 1.807) is 24.0 Å². The molecular formula is C26H31ClN2O2. The van der Waals surface area contributed by atoms with Crippen molar-refractivity contribution < 1.29 is 9.59 Å². The molecule has 1 aliphatic rings. The Labute approximate surface area is 190 Å². The van der Waals surface area contributed by atoms with Crippen LogP contribution >= 0.6 is 11.6 Å². The van der Waals surface area contributed by atoms with Crippen LogP contribution in [-0.2, 0) is 22.6 Å². The van der Waals surface area contributed by atoms with E-state index in [2.05, 4.69) is 11.4 Å². The molecule has 0 radical (unpaired) electrons. The lowest BCUT2D eigenvalue weighted by atomic mass is 9.97. The van der Waals surface area contributed by atoms with E-state index in [-0.39, 0.29) is 18.2 Å². The third-order valence-electron chi connectivity index (χ3n) is 5.76. The summed E-state index contributed by atoms with van der Waals surface area (Å²) in [6.07, 6.45) is 8.19. The molecule has 164 valence electrons. The van der Waals surface area contributed by atoms with E-state index < -0.39 is 6.04 Å². The number of rotatable bonds is 9. The molecule has 0 unspecified atom stereocenters. The van der Waals surface area contributed by atoms with Crippen molar-refractivity contribution >= 4 is 23.4 Å². The summed E-state index contributed by atoms with van der Waals surface area (Å²) in [7, 11) is 0. The molecule has 2 aromatic carbocycles. The molecule has 1 atom stereocenters. The number of nitrogens with zero attached hydrogens (tertiary/aromatic N) is 1. The van der Waals surface area contributed by atoms with E-state index in [9.17, 15) is 9.59 Å². The number of hydrogen-bond donors (Lipinski definition) is 1. The molecule has 31 heavy (non-hydrogen) atoms. The highest BCUT2D eigenvalue weighted by Gasteiger charge is 2.26. The molecule has 0 aromatic heterocycles. The summed E-state index contributed by atoms with van der Waals surface area (Å²) >= 11 is 5.96. The first-order chi connectivity index (χ1) is 15.0. The molecule has 0 bridgehead atoms. The van der Waals surface area contributed by atoms with Gasteiger partial charge in [0.05, 0.1) is 6.42 Å². The molecule has 2 aromatic rings. The first-order valence-corrected chi connectivity index (χ1v) is 11.4. The summed E-state index contributed by atoms with van der Waals surface area (Å²) in [6.45, 7) is 2.81. The number of carbonyl (C=O) groups is 2. The van der Waals surface area contributed by atoms with E-state index in [0.717, 1.165) is 30.4 Å². The molecule has 2 amide bonds. The summed E-state index contributed by atoms with van der Waals surface area (Å²) in [5, 5.41) is 3.67. The fourth-order valence-electron chi connectivity index (χ4n) is 3.87. The third kappa shape index (κ3) is 7.25. The molecule has 0 spiro atoms. The molecule has 0 fully saturated rings. The molecule has 0 aliphatic heterocycles. The number of amides is 2. The molecule has 4 nitrogen and oxygen atoms in total. The zero-order chi connectivity index (χ0) is 22.1. The van der Waals surface area contributed by atoms with Crippen molar-refractivity contribution in [2.24, 2.45) is 0 Å². The van der Waals surface area contributed by atoms with Gasteiger partial charge in [-0.1, -0.05) is 65.7 Å². The zero-order valence-corrected chi connectivity index (χ0v) is 18.9. The maximum atomic E-state index is 13.2. The van der Waals surface area contributed by atoms with Crippen LogP contribution in [0.3, 0.4) is 0 Å². The Balaban J connectivity index is 1.65. The normalized spacial score (nSPS) is 14.5. The Hall–Kier alpha value is -2.59. The number of benzene rings is 2. The van der Waals surface area contributed by atoms with Gasteiger partial charge >= 0.3 is 0 Å². The van der Waals surface area contributed by atoms with Gasteiger partial charge < -0.3 is 10.2 Å². The van der Waals surface area contributed by atoms with E-state index >= 15 is 0 Å². The Morgan fingerprint density at radius 2 is 1.77 bits per heavy atom. The van der Waals surface area contributed by atoms with Gasteiger partial charge in [0.25, 0.3) is 0 Å². The van der Waals surface area contributed by atoms with Crippen molar-refractivity contribution in [2.75, 3.05) is 6.54 Å². The summed E-state index contributed by atoms with van der Waals surface area (Å²) in [4.78, 5) is 27.7. The summed E-state index contributed by atoms with van der Waals surface area (Å²) in [6, 6.07) is 16.5. The molecule has 0 heterocycles. The van der Waals surface area contributed by atoms with Crippen LogP contribution in [0.2, 0.25) is 5.02 Å². The lowest BCUT2D eigenvalue weighted by Crippen LogP contribution is -2.48. The minimum atomic E-state index is -0.555. The lowest BCUT2D eigenvalue weighted by Gasteiger charge is -2.29. The average Bonchev–Trinajstić information content (AvgIpc) is 2.80. The highest BCUT2D eigenvalue weighted by Crippen LogP contribution is 2.19. The second-order valence-electron chi connectivity index (χ2n) is 8.14. The van der Waals surface area contributed by atoms with Crippen molar-refractivity contribution in [3.63, 3.8) is 0 Å². The van der Waals surface area contributed by atoms with E-state index in [0.29, 0.717) is 18.1 Å². The Kier molecular flexibility index (Phi) is 8.72. The Bertz CT molecular complexity index is 893. The van der Waals surface area contributed by atoms with Gasteiger partial charge in [-0.25, -0.2) is 0 Å². The quantitative estimate of drug-likeness (QED) is 0.539. The van der Waals surface area contributed by atoms with Crippen LogP contribution in [-0.4, -0.2) is 29.3 Å². The second-order valence-corrected chi connectivity index (χ2v) is 8.57. The van der Waals surface area contributed by atoms with Crippen molar-refractivity contribution in [1.29, 1.82) is 0 Å². The van der Waals surface area contributed by atoms with Gasteiger partial charge in [0.15, 0.2) is 0 Å². The molecule has 3 rings (SSSR count). The monoisotopic (exact) mass is 438 g/mol. The van der Waals surface area contributed by atoms with Crippen LogP contribution < -0.4 is 5.32 Å². The van der Waals surface area contributed by atoms with E-state index in [1.165, 1.54) is 18.4 Å². The SMILES string of the molecule is C[C@@H](C(=O)NCCC1=CCCCC1)N(Cc1ccccc1)C(=O)Cc1ccc(Cl)cc1. The first-order valence-electron chi connectivity index (χ1n) is 11.1. The summed E-state index contributed by atoms with van der Waals surface area (Å²) < 4.78 is 0. The molecule has 0 saturated heterocycles. The Morgan fingerprint density at radius 1 is 1.03 bits per heavy atom. The number of hydrogen-bond acceptors (Lipinski definition) is 2. The van der Waals surface area contributed by atoms with Gasteiger partial charge in [-0.3, -0.25) is 9.59 Å². The standard InChI is InChI=1S/C26H31ClN2O2/c1-20(26(31)28-17-16-21-8-4-2-5-9-21)29(19-23-10-6-3-7-11-23)25(30)18-22-12-14-24(27)15-13-22/h3,6-8,10-15,20H,2,4-5,9,16-19H2,1H3,(H,28,31)/t20-/m0/s1. The molecular weight excluding hydrogens is 408 g/mol. The van der Waals surface area contributed by atoms with Crippen molar-refractivity contribution in [1.82, 2.24) is 10.2 Å². The van der Waals surface area contributed by atoms with Gasteiger partial charge in [0, 0.05) is 18.1 Å². The smallest absolute Gasteiger partial charge is 0.242 e. The molecule has 1 aliphatic carbocycles. The minimum Gasteiger partial charge on any atom is -0.354 e. The summed E-state index contributed by atoms with van der Waals surface area (Å²) in [5.41, 5.74) is 3.31.